The summed E-state index contributed by atoms with van der Waals surface area (Å²) >= 11 is 0. The molecule has 0 unspecified atom stereocenters. The van der Waals surface area contributed by atoms with Gasteiger partial charge in [-0.15, -0.1) is 0 Å². The van der Waals surface area contributed by atoms with Crippen LogP contribution in [0.2, 0.25) is 0 Å². The molecular weight excluding hydrogens is 134 g/mol. The van der Waals surface area contributed by atoms with Crippen molar-refractivity contribution in [1.29, 1.82) is 0 Å². The summed E-state index contributed by atoms with van der Waals surface area (Å²) < 4.78 is 0. The summed E-state index contributed by atoms with van der Waals surface area (Å²) in [6.45, 7) is 4.67. The number of hydrogen-bond donors (Lipinski definition) is 1. The average molecular weight is 153 g/mol. The van der Waals surface area contributed by atoms with Crippen LogP contribution in [0.5, 0.6) is 0 Å². The van der Waals surface area contributed by atoms with Crippen LogP contribution in [0.1, 0.15) is 52.4 Å². The zero-order chi connectivity index (χ0) is 7.95. The van der Waals surface area contributed by atoms with Crippen LogP contribution in [0.15, 0.2) is 0 Å². The van der Waals surface area contributed by atoms with Gasteiger partial charge >= 0.3 is 0 Å². The molecule has 0 atom stereocenters. The summed E-state index contributed by atoms with van der Waals surface area (Å²) in [4.78, 5) is 0. The van der Waals surface area contributed by atoms with Gasteiger partial charge in [0.1, 0.15) is 0 Å². The molecule has 2 rings (SSSR count). The lowest BCUT2D eigenvalue weighted by Gasteiger charge is -2.28. The summed E-state index contributed by atoms with van der Waals surface area (Å²) in [5.41, 5.74) is 0.994. The van der Waals surface area contributed by atoms with E-state index < -0.39 is 0 Å². The van der Waals surface area contributed by atoms with Gasteiger partial charge in [-0.3, -0.25) is 0 Å². The Hall–Kier alpha value is -0.0400. The van der Waals surface area contributed by atoms with Gasteiger partial charge in [0.05, 0.1) is 0 Å². The van der Waals surface area contributed by atoms with Crippen LogP contribution in [0.3, 0.4) is 0 Å². The molecule has 0 aromatic carbocycles. The van der Waals surface area contributed by atoms with E-state index in [1.807, 2.05) is 0 Å². The Morgan fingerprint density at radius 2 is 1.55 bits per heavy atom. The molecule has 2 aliphatic rings. The third-order valence-corrected chi connectivity index (χ3v) is 3.39. The first kappa shape index (κ1) is 7.60. The van der Waals surface area contributed by atoms with Crippen LogP contribution in [0, 0.1) is 0 Å². The Kier molecular flexibility index (Phi) is 1.54. The first-order valence-corrected chi connectivity index (χ1v) is 4.91. The molecule has 0 amide bonds. The average Bonchev–Trinajstić information content (AvgIpc) is 2.43. The van der Waals surface area contributed by atoms with Gasteiger partial charge < -0.3 is 5.32 Å². The number of nitrogens with one attached hydrogen (secondary N) is 1. The monoisotopic (exact) mass is 153 g/mol. The molecule has 11 heavy (non-hydrogen) atoms. The maximum atomic E-state index is 3.81. The highest BCUT2D eigenvalue weighted by Crippen LogP contribution is 2.41. The second-order valence-electron chi connectivity index (χ2n) is 5.00. The van der Waals surface area contributed by atoms with Crippen molar-refractivity contribution in [2.75, 3.05) is 0 Å². The van der Waals surface area contributed by atoms with E-state index >= 15 is 0 Å². The van der Waals surface area contributed by atoms with Crippen LogP contribution in [-0.2, 0) is 0 Å². The molecule has 0 aromatic rings. The van der Waals surface area contributed by atoms with Gasteiger partial charge in [-0.2, -0.15) is 0 Å². The van der Waals surface area contributed by atoms with Gasteiger partial charge in [-0.1, -0.05) is 12.8 Å². The lowest BCUT2D eigenvalue weighted by atomic mass is 9.95. The Balaban J connectivity index is 2.07. The summed E-state index contributed by atoms with van der Waals surface area (Å²) in [6, 6.07) is 0. The van der Waals surface area contributed by atoms with Crippen LogP contribution in [-0.4, -0.2) is 11.1 Å². The summed E-state index contributed by atoms with van der Waals surface area (Å²) in [6.07, 6.45) is 8.53. The second kappa shape index (κ2) is 2.22. The van der Waals surface area contributed by atoms with Crippen molar-refractivity contribution in [1.82, 2.24) is 5.32 Å². The Morgan fingerprint density at radius 1 is 0.909 bits per heavy atom. The van der Waals surface area contributed by atoms with Crippen LogP contribution < -0.4 is 5.32 Å². The largest absolute Gasteiger partial charge is 0.306 e. The summed E-state index contributed by atoms with van der Waals surface area (Å²) in [5, 5.41) is 3.81. The summed E-state index contributed by atoms with van der Waals surface area (Å²) in [7, 11) is 0. The van der Waals surface area contributed by atoms with E-state index in [1.165, 1.54) is 38.5 Å². The summed E-state index contributed by atoms with van der Waals surface area (Å²) in [5.74, 6) is 0. The molecule has 1 N–H and O–H groups in total. The van der Waals surface area contributed by atoms with E-state index in [4.69, 9.17) is 0 Å². The van der Waals surface area contributed by atoms with Gasteiger partial charge in [0.15, 0.2) is 0 Å². The lowest BCUT2D eigenvalue weighted by molar-refractivity contribution is 0.328. The van der Waals surface area contributed by atoms with Crippen LogP contribution >= 0.6 is 0 Å². The molecule has 1 saturated carbocycles. The molecule has 1 heteroatoms. The molecule has 0 radical (unpaired) electrons. The molecule has 1 saturated heterocycles. The van der Waals surface area contributed by atoms with Crippen LogP contribution in [0.4, 0.5) is 0 Å². The molecular formula is C10H19N. The molecule has 1 spiro atoms. The van der Waals surface area contributed by atoms with Crippen molar-refractivity contribution in [3.05, 3.63) is 0 Å². The van der Waals surface area contributed by atoms with E-state index in [9.17, 15) is 0 Å². The van der Waals surface area contributed by atoms with E-state index in [1.54, 1.807) is 0 Å². The molecule has 2 fully saturated rings. The van der Waals surface area contributed by atoms with Crippen molar-refractivity contribution < 1.29 is 0 Å². The fourth-order valence-electron chi connectivity index (χ4n) is 2.82. The van der Waals surface area contributed by atoms with Crippen molar-refractivity contribution >= 4 is 0 Å². The van der Waals surface area contributed by atoms with Gasteiger partial charge in [-0.05, 0) is 39.5 Å². The minimum Gasteiger partial charge on any atom is -0.306 e. The topological polar surface area (TPSA) is 12.0 Å². The van der Waals surface area contributed by atoms with E-state index in [2.05, 4.69) is 19.2 Å². The minimum absolute atomic E-state index is 0.421. The standard InChI is InChI=1S/C10H19N/c1-9(2)7-8-10(11-9)5-3-4-6-10/h11H,3-8H2,1-2H3. The zero-order valence-electron chi connectivity index (χ0n) is 7.74. The van der Waals surface area contributed by atoms with E-state index in [0.717, 1.165) is 0 Å². The third-order valence-electron chi connectivity index (χ3n) is 3.39. The van der Waals surface area contributed by atoms with Crippen molar-refractivity contribution in [3.8, 4) is 0 Å². The Morgan fingerprint density at radius 3 is 2.00 bits per heavy atom. The second-order valence-corrected chi connectivity index (χ2v) is 5.00. The van der Waals surface area contributed by atoms with E-state index in [0.29, 0.717) is 11.1 Å². The highest BCUT2D eigenvalue weighted by atomic mass is 15.1. The highest BCUT2D eigenvalue weighted by Gasteiger charge is 2.43. The third kappa shape index (κ3) is 1.31. The molecule has 1 heterocycles. The maximum absolute atomic E-state index is 3.81. The first-order valence-electron chi connectivity index (χ1n) is 4.91. The molecule has 0 aromatic heterocycles. The van der Waals surface area contributed by atoms with Crippen molar-refractivity contribution in [3.63, 3.8) is 0 Å². The minimum atomic E-state index is 0.421. The zero-order valence-corrected chi connectivity index (χ0v) is 7.74. The van der Waals surface area contributed by atoms with Gasteiger partial charge in [0, 0.05) is 11.1 Å². The molecule has 64 valence electrons. The van der Waals surface area contributed by atoms with Crippen molar-refractivity contribution in [2.24, 2.45) is 0 Å². The predicted octanol–water partition coefficient (Wildman–Crippen LogP) is 2.46. The lowest BCUT2D eigenvalue weighted by Crippen LogP contribution is -2.45. The Labute approximate surface area is 69.6 Å². The van der Waals surface area contributed by atoms with Gasteiger partial charge in [0.2, 0.25) is 0 Å². The smallest absolute Gasteiger partial charge is 0.0187 e. The molecule has 0 bridgehead atoms. The fraction of sp³-hybridized carbons (Fsp3) is 1.00. The Bertz CT molecular complexity index is 154. The van der Waals surface area contributed by atoms with Crippen LogP contribution in [0.25, 0.3) is 0 Å². The predicted molar refractivity (Wildman–Crippen MR) is 47.6 cm³/mol. The SMILES string of the molecule is CC1(C)CCC2(CCCC2)N1. The van der Waals surface area contributed by atoms with Gasteiger partial charge in [-0.25, -0.2) is 0 Å². The highest BCUT2D eigenvalue weighted by molar-refractivity contribution is 5.04. The fourth-order valence-corrected chi connectivity index (χ4v) is 2.82. The maximum Gasteiger partial charge on any atom is 0.0187 e. The van der Waals surface area contributed by atoms with Crippen molar-refractivity contribution in [2.45, 2.75) is 63.5 Å². The number of hydrogen-bond acceptors (Lipinski definition) is 1. The molecule has 1 aliphatic heterocycles. The van der Waals surface area contributed by atoms with Gasteiger partial charge in [0.25, 0.3) is 0 Å². The number of rotatable bonds is 0. The molecule has 1 aliphatic carbocycles. The normalized spacial score (nSPS) is 33.3. The quantitative estimate of drug-likeness (QED) is 0.563. The molecule has 1 nitrogen and oxygen atoms in total. The first-order chi connectivity index (χ1) is 5.12. The van der Waals surface area contributed by atoms with E-state index in [-0.39, 0.29) is 0 Å².